The molecule has 0 unspecified atom stereocenters. The van der Waals surface area contributed by atoms with Crippen molar-refractivity contribution in [1.29, 1.82) is 0 Å². The van der Waals surface area contributed by atoms with Gasteiger partial charge in [0, 0.05) is 17.7 Å². The number of hydrogen-bond donors (Lipinski definition) is 1. The van der Waals surface area contributed by atoms with Crippen molar-refractivity contribution in [3.8, 4) is 5.75 Å². The molecule has 0 heterocycles. The number of Topliss-reactive ketones (excluding diaryl/α,β-unsaturated/α-hetero) is 1. The molecule has 0 radical (unpaired) electrons. The standard InChI is InChI=1S/C11H13NO2/c1-3-4-11(13)9-7-8(14-2)5-6-10(9)12/h3,5-7H,1,4,12H2,2H3. The summed E-state index contributed by atoms with van der Waals surface area (Å²) in [5.74, 6) is 0.586. The van der Waals surface area contributed by atoms with Gasteiger partial charge in [0.25, 0.3) is 0 Å². The zero-order valence-electron chi connectivity index (χ0n) is 8.12. The number of rotatable bonds is 4. The van der Waals surface area contributed by atoms with Crippen molar-refractivity contribution < 1.29 is 9.53 Å². The van der Waals surface area contributed by atoms with Crippen molar-refractivity contribution >= 4 is 11.5 Å². The Morgan fingerprint density at radius 1 is 1.64 bits per heavy atom. The van der Waals surface area contributed by atoms with Crippen LogP contribution in [-0.4, -0.2) is 12.9 Å². The Balaban J connectivity index is 3.05. The molecule has 0 aliphatic heterocycles. The number of ether oxygens (including phenoxy) is 1. The van der Waals surface area contributed by atoms with Crippen LogP contribution in [0.1, 0.15) is 16.8 Å². The van der Waals surface area contributed by atoms with Gasteiger partial charge in [-0.05, 0) is 18.2 Å². The van der Waals surface area contributed by atoms with Gasteiger partial charge in [0.15, 0.2) is 5.78 Å². The lowest BCUT2D eigenvalue weighted by atomic mass is 10.1. The first-order chi connectivity index (χ1) is 6.69. The smallest absolute Gasteiger partial charge is 0.168 e. The largest absolute Gasteiger partial charge is 0.497 e. The number of nitrogens with two attached hydrogens (primary N) is 1. The van der Waals surface area contributed by atoms with E-state index in [0.717, 1.165) is 0 Å². The second-order valence-corrected chi connectivity index (χ2v) is 2.87. The second kappa shape index (κ2) is 4.46. The fourth-order valence-electron chi connectivity index (χ4n) is 1.14. The second-order valence-electron chi connectivity index (χ2n) is 2.87. The van der Waals surface area contributed by atoms with Crippen molar-refractivity contribution in [2.75, 3.05) is 12.8 Å². The maximum Gasteiger partial charge on any atom is 0.168 e. The Kier molecular flexibility index (Phi) is 3.29. The lowest BCUT2D eigenvalue weighted by Gasteiger charge is -2.05. The highest BCUT2D eigenvalue weighted by atomic mass is 16.5. The molecule has 0 saturated heterocycles. The van der Waals surface area contributed by atoms with Crippen LogP contribution in [0, 0.1) is 0 Å². The van der Waals surface area contributed by atoms with Gasteiger partial charge in [-0.2, -0.15) is 0 Å². The first-order valence-corrected chi connectivity index (χ1v) is 4.26. The van der Waals surface area contributed by atoms with E-state index >= 15 is 0 Å². The average molecular weight is 191 g/mol. The highest BCUT2D eigenvalue weighted by molar-refractivity contribution is 6.01. The van der Waals surface area contributed by atoms with E-state index in [1.54, 1.807) is 31.4 Å². The average Bonchev–Trinajstić information content (AvgIpc) is 2.19. The number of carbonyl (C=O) groups is 1. The Morgan fingerprint density at radius 2 is 2.36 bits per heavy atom. The van der Waals surface area contributed by atoms with E-state index in [1.165, 1.54) is 0 Å². The van der Waals surface area contributed by atoms with Crippen LogP contribution in [0.15, 0.2) is 30.9 Å². The molecule has 0 aromatic heterocycles. The Labute approximate surface area is 83.2 Å². The van der Waals surface area contributed by atoms with E-state index < -0.39 is 0 Å². The van der Waals surface area contributed by atoms with Gasteiger partial charge >= 0.3 is 0 Å². The SMILES string of the molecule is C=CCC(=O)c1cc(OC)ccc1N. The molecule has 1 aromatic carbocycles. The van der Waals surface area contributed by atoms with Crippen LogP contribution < -0.4 is 10.5 Å². The van der Waals surface area contributed by atoms with Crippen LogP contribution in [0.4, 0.5) is 5.69 Å². The minimum Gasteiger partial charge on any atom is -0.497 e. The Hall–Kier alpha value is -1.77. The van der Waals surface area contributed by atoms with Gasteiger partial charge in [0.2, 0.25) is 0 Å². The monoisotopic (exact) mass is 191 g/mol. The Bertz CT molecular complexity index is 358. The molecule has 1 rings (SSSR count). The third-order valence-corrected chi connectivity index (χ3v) is 1.89. The summed E-state index contributed by atoms with van der Waals surface area (Å²) in [5, 5.41) is 0. The van der Waals surface area contributed by atoms with E-state index in [1.807, 2.05) is 0 Å². The van der Waals surface area contributed by atoms with Crippen LogP contribution in [0.2, 0.25) is 0 Å². The van der Waals surface area contributed by atoms with Crippen molar-refractivity contribution in [1.82, 2.24) is 0 Å². The van der Waals surface area contributed by atoms with Gasteiger partial charge in [0.05, 0.1) is 7.11 Å². The molecule has 1 aromatic rings. The molecule has 0 aliphatic carbocycles. The number of allylic oxidation sites excluding steroid dienone is 1. The molecule has 0 fully saturated rings. The van der Waals surface area contributed by atoms with Crippen molar-refractivity contribution in [3.05, 3.63) is 36.4 Å². The molecule has 2 N–H and O–H groups in total. The maximum absolute atomic E-state index is 11.5. The van der Waals surface area contributed by atoms with E-state index in [-0.39, 0.29) is 12.2 Å². The third kappa shape index (κ3) is 2.13. The van der Waals surface area contributed by atoms with Crippen molar-refractivity contribution in [2.24, 2.45) is 0 Å². The summed E-state index contributed by atoms with van der Waals surface area (Å²) in [6.45, 7) is 3.51. The predicted molar refractivity (Wildman–Crippen MR) is 56.6 cm³/mol. The third-order valence-electron chi connectivity index (χ3n) is 1.89. The number of nitrogen functional groups attached to an aromatic ring is 1. The van der Waals surface area contributed by atoms with Crippen LogP contribution in [-0.2, 0) is 0 Å². The van der Waals surface area contributed by atoms with Gasteiger partial charge in [-0.1, -0.05) is 6.08 Å². The van der Waals surface area contributed by atoms with Crippen LogP contribution in [0.5, 0.6) is 5.75 Å². The molecular formula is C11H13NO2. The molecular weight excluding hydrogens is 178 g/mol. The highest BCUT2D eigenvalue weighted by Gasteiger charge is 2.08. The number of anilines is 1. The predicted octanol–water partition coefficient (Wildman–Crippen LogP) is 2.04. The quantitative estimate of drug-likeness (QED) is 0.450. The van der Waals surface area contributed by atoms with Gasteiger partial charge in [0.1, 0.15) is 5.75 Å². The molecule has 3 nitrogen and oxygen atoms in total. The van der Waals surface area contributed by atoms with Crippen molar-refractivity contribution in [3.63, 3.8) is 0 Å². The number of carbonyl (C=O) groups excluding carboxylic acids is 1. The zero-order valence-corrected chi connectivity index (χ0v) is 8.12. The van der Waals surface area contributed by atoms with Gasteiger partial charge < -0.3 is 10.5 Å². The summed E-state index contributed by atoms with van der Waals surface area (Å²) in [6.07, 6.45) is 1.85. The minimum absolute atomic E-state index is 0.0450. The first kappa shape index (κ1) is 10.3. The van der Waals surface area contributed by atoms with Gasteiger partial charge in [-0.15, -0.1) is 6.58 Å². The minimum atomic E-state index is -0.0450. The molecule has 0 bridgehead atoms. The number of methoxy groups -OCH3 is 1. The first-order valence-electron chi connectivity index (χ1n) is 4.26. The number of ketones is 1. The topological polar surface area (TPSA) is 52.3 Å². The summed E-state index contributed by atoms with van der Waals surface area (Å²) >= 11 is 0. The van der Waals surface area contributed by atoms with Gasteiger partial charge in [-0.3, -0.25) is 4.79 Å². The number of hydrogen-bond acceptors (Lipinski definition) is 3. The fourth-order valence-corrected chi connectivity index (χ4v) is 1.14. The molecule has 3 heteroatoms. The van der Waals surface area contributed by atoms with E-state index in [4.69, 9.17) is 10.5 Å². The maximum atomic E-state index is 11.5. The molecule has 0 aliphatic rings. The Morgan fingerprint density at radius 3 is 2.93 bits per heavy atom. The summed E-state index contributed by atoms with van der Waals surface area (Å²) < 4.78 is 5.00. The lowest BCUT2D eigenvalue weighted by molar-refractivity contribution is 0.0996. The summed E-state index contributed by atoms with van der Waals surface area (Å²) in [7, 11) is 1.55. The summed E-state index contributed by atoms with van der Waals surface area (Å²) in [6, 6.07) is 5.02. The van der Waals surface area contributed by atoms with Crippen molar-refractivity contribution in [2.45, 2.75) is 6.42 Å². The van der Waals surface area contributed by atoms with Crippen LogP contribution in [0.25, 0.3) is 0 Å². The molecule has 0 spiro atoms. The highest BCUT2D eigenvalue weighted by Crippen LogP contribution is 2.20. The van der Waals surface area contributed by atoms with Gasteiger partial charge in [-0.25, -0.2) is 0 Å². The van der Waals surface area contributed by atoms with Crippen LogP contribution >= 0.6 is 0 Å². The molecule has 14 heavy (non-hydrogen) atoms. The lowest BCUT2D eigenvalue weighted by Crippen LogP contribution is -2.02. The summed E-state index contributed by atoms with van der Waals surface area (Å²) in [5.41, 5.74) is 6.62. The molecule has 74 valence electrons. The number of benzene rings is 1. The molecule has 0 amide bonds. The zero-order chi connectivity index (χ0) is 10.6. The molecule has 0 atom stereocenters. The van der Waals surface area contributed by atoms with E-state index in [2.05, 4.69) is 6.58 Å². The molecule has 0 saturated carbocycles. The van der Waals surface area contributed by atoms with Crippen LogP contribution in [0.3, 0.4) is 0 Å². The summed E-state index contributed by atoms with van der Waals surface area (Å²) in [4.78, 5) is 11.5. The van der Waals surface area contributed by atoms with E-state index in [0.29, 0.717) is 17.0 Å². The normalized spacial score (nSPS) is 9.50. The fraction of sp³-hybridized carbons (Fsp3) is 0.182. The van der Waals surface area contributed by atoms with E-state index in [9.17, 15) is 4.79 Å².